The van der Waals surface area contributed by atoms with Gasteiger partial charge in [-0.1, -0.05) is 20.8 Å². The lowest BCUT2D eigenvalue weighted by Crippen LogP contribution is -2.30. The van der Waals surface area contributed by atoms with Crippen molar-refractivity contribution < 1.29 is 8.42 Å². The van der Waals surface area contributed by atoms with E-state index in [2.05, 4.69) is 35.4 Å². The van der Waals surface area contributed by atoms with Crippen LogP contribution >= 0.6 is 0 Å². The first-order valence-corrected chi connectivity index (χ1v) is 8.82. The van der Waals surface area contributed by atoms with Crippen molar-refractivity contribution in [1.82, 2.24) is 19.6 Å². The van der Waals surface area contributed by atoms with Gasteiger partial charge in [-0.25, -0.2) is 18.1 Å². The molecule has 7 heteroatoms. The van der Waals surface area contributed by atoms with Gasteiger partial charge in [-0.05, 0) is 0 Å². The lowest BCUT2D eigenvalue weighted by Gasteiger charge is -2.22. The number of imidazole rings is 1. The molecular weight excluding hydrogens is 276 g/mol. The van der Waals surface area contributed by atoms with Crippen LogP contribution in [0.1, 0.15) is 38.0 Å². The molecule has 114 valence electrons. The molecule has 0 atom stereocenters. The Morgan fingerprint density at radius 3 is 2.70 bits per heavy atom. The van der Waals surface area contributed by atoms with E-state index >= 15 is 0 Å². The summed E-state index contributed by atoms with van der Waals surface area (Å²) in [4.78, 5) is 4.76. The van der Waals surface area contributed by atoms with Crippen LogP contribution in [0.4, 0.5) is 0 Å². The van der Waals surface area contributed by atoms with Crippen molar-refractivity contribution in [3.05, 3.63) is 17.2 Å². The van der Waals surface area contributed by atoms with E-state index in [-0.39, 0.29) is 5.41 Å². The van der Waals surface area contributed by atoms with Gasteiger partial charge in [-0.2, -0.15) is 0 Å². The maximum Gasteiger partial charge on any atom is 0.208 e. The number of sulfonamides is 1. The maximum atomic E-state index is 11.2. The van der Waals surface area contributed by atoms with E-state index in [1.165, 1.54) is 11.9 Å². The first-order valence-electron chi connectivity index (χ1n) is 6.92. The highest BCUT2D eigenvalue weighted by atomic mass is 32.2. The lowest BCUT2D eigenvalue weighted by molar-refractivity contribution is 0.486. The molecule has 0 aliphatic carbocycles. The minimum absolute atomic E-state index is 0.0531. The highest BCUT2D eigenvalue weighted by molar-refractivity contribution is 7.88. The van der Waals surface area contributed by atoms with Crippen LogP contribution in [-0.4, -0.2) is 37.3 Å². The summed E-state index contributed by atoms with van der Waals surface area (Å²) in [6.45, 7) is 9.17. The Hall–Kier alpha value is -0.920. The molecule has 20 heavy (non-hydrogen) atoms. The van der Waals surface area contributed by atoms with Crippen LogP contribution in [0.15, 0.2) is 0 Å². The van der Waals surface area contributed by atoms with Crippen molar-refractivity contribution in [1.29, 1.82) is 0 Å². The zero-order valence-corrected chi connectivity index (χ0v) is 13.5. The summed E-state index contributed by atoms with van der Waals surface area (Å²) < 4.78 is 27.1. The van der Waals surface area contributed by atoms with Crippen LogP contribution in [0.2, 0.25) is 0 Å². The fourth-order valence-electron chi connectivity index (χ4n) is 2.53. The smallest absolute Gasteiger partial charge is 0.208 e. The molecule has 0 saturated carbocycles. The Morgan fingerprint density at radius 2 is 2.10 bits per heavy atom. The van der Waals surface area contributed by atoms with Gasteiger partial charge in [0, 0.05) is 43.7 Å². The standard InChI is InChI=1S/C13H24N4O2S/c1-13(2,3)12-16-10-9-14-6-5-11(10)17(12)8-7-15-20(4,18)19/h14-15H,5-9H2,1-4H3. The van der Waals surface area contributed by atoms with Gasteiger partial charge in [0.25, 0.3) is 0 Å². The minimum atomic E-state index is -3.14. The third kappa shape index (κ3) is 3.59. The summed E-state index contributed by atoms with van der Waals surface area (Å²) in [6, 6.07) is 0. The summed E-state index contributed by atoms with van der Waals surface area (Å²) >= 11 is 0. The first-order chi connectivity index (χ1) is 9.18. The van der Waals surface area contributed by atoms with Crippen molar-refractivity contribution in [2.24, 2.45) is 0 Å². The Balaban J connectivity index is 2.27. The summed E-state index contributed by atoms with van der Waals surface area (Å²) in [5.41, 5.74) is 2.28. The second-order valence-electron chi connectivity index (χ2n) is 6.32. The average molecular weight is 300 g/mol. The monoisotopic (exact) mass is 300 g/mol. The van der Waals surface area contributed by atoms with E-state index < -0.39 is 10.0 Å². The minimum Gasteiger partial charge on any atom is -0.330 e. The van der Waals surface area contributed by atoms with Gasteiger partial charge in [0.2, 0.25) is 10.0 Å². The average Bonchev–Trinajstić information content (AvgIpc) is 2.67. The number of rotatable bonds is 4. The SMILES string of the molecule is CC(C)(C)c1nc2c(n1CCNS(C)(=O)=O)CCNC2. The molecule has 1 aliphatic rings. The van der Waals surface area contributed by atoms with Gasteiger partial charge >= 0.3 is 0 Å². The topological polar surface area (TPSA) is 76.0 Å². The first kappa shape index (κ1) is 15.5. The molecule has 0 bridgehead atoms. The van der Waals surface area contributed by atoms with Gasteiger partial charge in [-0.3, -0.25) is 0 Å². The van der Waals surface area contributed by atoms with Crippen molar-refractivity contribution in [2.75, 3.05) is 19.3 Å². The van der Waals surface area contributed by atoms with Crippen molar-refractivity contribution in [3.8, 4) is 0 Å². The van der Waals surface area contributed by atoms with Gasteiger partial charge in [-0.15, -0.1) is 0 Å². The van der Waals surface area contributed by atoms with Gasteiger partial charge in [0.15, 0.2) is 0 Å². The number of nitrogens with one attached hydrogen (secondary N) is 2. The fourth-order valence-corrected chi connectivity index (χ4v) is 2.99. The van der Waals surface area contributed by atoms with E-state index in [1.807, 2.05) is 0 Å². The molecule has 0 fully saturated rings. The van der Waals surface area contributed by atoms with Gasteiger partial charge < -0.3 is 9.88 Å². The summed E-state index contributed by atoms with van der Waals surface area (Å²) in [7, 11) is -3.14. The molecule has 1 aromatic heterocycles. The molecular formula is C13H24N4O2S. The number of hydrogen-bond acceptors (Lipinski definition) is 4. The molecule has 0 unspecified atom stereocenters. The van der Waals surface area contributed by atoms with E-state index in [4.69, 9.17) is 4.98 Å². The van der Waals surface area contributed by atoms with E-state index in [0.717, 1.165) is 31.0 Å². The Bertz CT molecular complexity index is 584. The number of hydrogen-bond donors (Lipinski definition) is 2. The molecule has 2 N–H and O–H groups in total. The second-order valence-corrected chi connectivity index (χ2v) is 8.16. The molecule has 0 saturated heterocycles. The molecule has 2 heterocycles. The molecule has 0 aromatic carbocycles. The maximum absolute atomic E-state index is 11.2. The fraction of sp³-hybridized carbons (Fsp3) is 0.769. The van der Waals surface area contributed by atoms with Crippen molar-refractivity contribution >= 4 is 10.0 Å². The van der Waals surface area contributed by atoms with Gasteiger partial charge in [0.1, 0.15) is 5.82 Å². The Labute approximate surface area is 121 Å². The van der Waals surface area contributed by atoms with Crippen molar-refractivity contribution in [3.63, 3.8) is 0 Å². The predicted octanol–water partition coefficient (Wildman–Crippen LogP) is 0.376. The van der Waals surface area contributed by atoms with Crippen molar-refractivity contribution in [2.45, 2.75) is 45.7 Å². The summed E-state index contributed by atoms with van der Waals surface area (Å²) in [6.07, 6.45) is 2.13. The summed E-state index contributed by atoms with van der Waals surface area (Å²) in [5, 5.41) is 3.33. The number of aromatic nitrogens is 2. The molecule has 6 nitrogen and oxygen atoms in total. The second kappa shape index (κ2) is 5.46. The quantitative estimate of drug-likeness (QED) is 0.843. The molecule has 0 radical (unpaired) electrons. The normalized spacial score (nSPS) is 16.2. The molecule has 0 amide bonds. The molecule has 1 aliphatic heterocycles. The number of nitrogens with zero attached hydrogens (tertiary/aromatic N) is 2. The molecule has 1 aromatic rings. The molecule has 0 spiro atoms. The lowest BCUT2D eigenvalue weighted by atomic mass is 9.95. The summed E-state index contributed by atoms with van der Waals surface area (Å²) in [5.74, 6) is 1.03. The Morgan fingerprint density at radius 1 is 1.40 bits per heavy atom. The van der Waals surface area contributed by atoms with Crippen LogP contribution in [0.5, 0.6) is 0 Å². The molecule has 2 rings (SSSR count). The van der Waals surface area contributed by atoms with E-state index in [9.17, 15) is 8.42 Å². The van der Waals surface area contributed by atoms with Crippen LogP contribution in [0, 0.1) is 0 Å². The third-order valence-electron chi connectivity index (χ3n) is 3.36. The number of fused-ring (bicyclic) bond motifs is 1. The van der Waals surface area contributed by atoms with Crippen LogP contribution in [-0.2, 0) is 34.9 Å². The van der Waals surface area contributed by atoms with E-state index in [1.54, 1.807) is 0 Å². The zero-order chi connectivity index (χ0) is 15.0. The largest absolute Gasteiger partial charge is 0.330 e. The highest BCUT2D eigenvalue weighted by Crippen LogP contribution is 2.26. The highest BCUT2D eigenvalue weighted by Gasteiger charge is 2.26. The zero-order valence-electron chi connectivity index (χ0n) is 12.7. The van der Waals surface area contributed by atoms with Crippen LogP contribution < -0.4 is 10.0 Å². The Kier molecular flexibility index (Phi) is 4.22. The van der Waals surface area contributed by atoms with Crippen LogP contribution in [0.25, 0.3) is 0 Å². The predicted molar refractivity (Wildman–Crippen MR) is 79.2 cm³/mol. The van der Waals surface area contributed by atoms with Gasteiger partial charge in [0.05, 0.1) is 11.9 Å². The van der Waals surface area contributed by atoms with Crippen LogP contribution in [0.3, 0.4) is 0 Å². The van der Waals surface area contributed by atoms with E-state index in [0.29, 0.717) is 13.1 Å². The third-order valence-corrected chi connectivity index (χ3v) is 4.09.